The standard InChI is InChI=1S/C10H19N/c1-9(2)5-4-6-11-7-10(3)8-11/h4-5,9-10H,6-8H2,1-3H3/b5-4+. The molecule has 1 fully saturated rings. The fraction of sp³-hybridized carbons (Fsp3) is 0.800. The van der Waals surface area contributed by atoms with Gasteiger partial charge in [0.1, 0.15) is 0 Å². The molecule has 0 spiro atoms. The highest BCUT2D eigenvalue weighted by Crippen LogP contribution is 2.13. The molecule has 0 atom stereocenters. The summed E-state index contributed by atoms with van der Waals surface area (Å²) < 4.78 is 0. The third-order valence-electron chi connectivity index (χ3n) is 2.02. The van der Waals surface area contributed by atoms with Crippen molar-refractivity contribution in [2.45, 2.75) is 20.8 Å². The van der Waals surface area contributed by atoms with E-state index in [1.807, 2.05) is 0 Å². The van der Waals surface area contributed by atoms with Gasteiger partial charge in [-0.05, 0) is 11.8 Å². The van der Waals surface area contributed by atoms with Crippen molar-refractivity contribution in [2.24, 2.45) is 11.8 Å². The van der Waals surface area contributed by atoms with Gasteiger partial charge in [-0.2, -0.15) is 0 Å². The fourth-order valence-corrected chi connectivity index (χ4v) is 1.46. The normalized spacial score (nSPS) is 21.5. The maximum Gasteiger partial charge on any atom is 0.0163 e. The summed E-state index contributed by atoms with van der Waals surface area (Å²) >= 11 is 0. The first-order valence-corrected chi connectivity index (χ1v) is 4.57. The predicted molar refractivity (Wildman–Crippen MR) is 49.6 cm³/mol. The molecule has 0 aromatic rings. The minimum absolute atomic E-state index is 0.702. The van der Waals surface area contributed by atoms with Gasteiger partial charge in [0, 0.05) is 19.6 Å². The quantitative estimate of drug-likeness (QED) is 0.562. The number of nitrogens with zero attached hydrogens (tertiary/aromatic N) is 1. The Hall–Kier alpha value is -0.300. The zero-order valence-electron chi connectivity index (χ0n) is 7.88. The van der Waals surface area contributed by atoms with Crippen LogP contribution >= 0.6 is 0 Å². The second-order valence-electron chi connectivity index (χ2n) is 4.00. The molecule has 0 aliphatic carbocycles. The van der Waals surface area contributed by atoms with Crippen molar-refractivity contribution < 1.29 is 0 Å². The van der Waals surface area contributed by atoms with Crippen molar-refractivity contribution in [3.63, 3.8) is 0 Å². The number of likely N-dealkylation sites (tertiary alicyclic amines) is 1. The van der Waals surface area contributed by atoms with E-state index in [0.717, 1.165) is 12.5 Å². The number of allylic oxidation sites excluding steroid dienone is 1. The molecule has 0 aromatic carbocycles. The van der Waals surface area contributed by atoms with Crippen molar-refractivity contribution in [1.82, 2.24) is 4.90 Å². The smallest absolute Gasteiger partial charge is 0.0163 e. The lowest BCUT2D eigenvalue weighted by molar-refractivity contribution is 0.129. The van der Waals surface area contributed by atoms with Crippen LogP contribution in [0.2, 0.25) is 0 Å². The molecule has 1 aliphatic rings. The van der Waals surface area contributed by atoms with Crippen molar-refractivity contribution in [2.75, 3.05) is 19.6 Å². The number of hydrogen-bond donors (Lipinski definition) is 0. The SMILES string of the molecule is CC(C)/C=C/CN1CC(C)C1. The highest BCUT2D eigenvalue weighted by atomic mass is 15.2. The average Bonchev–Trinajstić information content (AvgIpc) is 1.83. The summed E-state index contributed by atoms with van der Waals surface area (Å²) in [5, 5.41) is 0. The molecule has 0 saturated carbocycles. The topological polar surface area (TPSA) is 3.24 Å². The van der Waals surface area contributed by atoms with Gasteiger partial charge in [-0.15, -0.1) is 0 Å². The molecule has 0 bridgehead atoms. The van der Waals surface area contributed by atoms with Gasteiger partial charge < -0.3 is 0 Å². The van der Waals surface area contributed by atoms with Crippen LogP contribution < -0.4 is 0 Å². The lowest BCUT2D eigenvalue weighted by Crippen LogP contribution is -2.44. The second-order valence-corrected chi connectivity index (χ2v) is 4.00. The Morgan fingerprint density at radius 3 is 2.55 bits per heavy atom. The molecule has 1 heterocycles. The van der Waals surface area contributed by atoms with Crippen LogP contribution in [0.1, 0.15) is 20.8 Å². The Kier molecular flexibility index (Phi) is 3.13. The highest BCUT2D eigenvalue weighted by molar-refractivity contribution is 4.90. The van der Waals surface area contributed by atoms with Crippen LogP contribution in [-0.2, 0) is 0 Å². The largest absolute Gasteiger partial charge is 0.299 e. The maximum absolute atomic E-state index is 2.48. The molecule has 0 unspecified atom stereocenters. The van der Waals surface area contributed by atoms with E-state index in [1.165, 1.54) is 13.1 Å². The van der Waals surface area contributed by atoms with Crippen molar-refractivity contribution in [3.8, 4) is 0 Å². The molecule has 64 valence electrons. The average molecular weight is 153 g/mol. The maximum atomic E-state index is 2.48. The first-order valence-electron chi connectivity index (χ1n) is 4.57. The Labute approximate surface area is 70.1 Å². The van der Waals surface area contributed by atoms with Crippen LogP contribution in [0.4, 0.5) is 0 Å². The van der Waals surface area contributed by atoms with Gasteiger partial charge in [-0.25, -0.2) is 0 Å². The van der Waals surface area contributed by atoms with Crippen LogP contribution in [0, 0.1) is 11.8 Å². The van der Waals surface area contributed by atoms with E-state index in [9.17, 15) is 0 Å². The van der Waals surface area contributed by atoms with E-state index < -0.39 is 0 Å². The van der Waals surface area contributed by atoms with Crippen molar-refractivity contribution in [3.05, 3.63) is 12.2 Å². The highest BCUT2D eigenvalue weighted by Gasteiger charge is 2.20. The molecule has 1 aliphatic heterocycles. The summed E-state index contributed by atoms with van der Waals surface area (Å²) in [5.41, 5.74) is 0. The van der Waals surface area contributed by atoms with Gasteiger partial charge in [0.05, 0.1) is 0 Å². The zero-order chi connectivity index (χ0) is 8.27. The van der Waals surface area contributed by atoms with E-state index in [0.29, 0.717) is 5.92 Å². The van der Waals surface area contributed by atoms with Gasteiger partial charge >= 0.3 is 0 Å². The summed E-state index contributed by atoms with van der Waals surface area (Å²) in [6, 6.07) is 0. The number of rotatable bonds is 3. The van der Waals surface area contributed by atoms with E-state index >= 15 is 0 Å². The third kappa shape index (κ3) is 3.06. The summed E-state index contributed by atoms with van der Waals surface area (Å²) in [6.07, 6.45) is 4.57. The summed E-state index contributed by atoms with van der Waals surface area (Å²) in [6.45, 7) is 10.5. The predicted octanol–water partition coefficient (Wildman–Crippen LogP) is 2.15. The molecule has 0 N–H and O–H groups in total. The molecular formula is C10H19N. The van der Waals surface area contributed by atoms with Crippen LogP contribution in [0.25, 0.3) is 0 Å². The van der Waals surface area contributed by atoms with Gasteiger partial charge in [0.2, 0.25) is 0 Å². The summed E-state index contributed by atoms with van der Waals surface area (Å²) in [7, 11) is 0. The second kappa shape index (κ2) is 3.91. The molecule has 0 aromatic heterocycles. The van der Waals surface area contributed by atoms with Crippen LogP contribution in [-0.4, -0.2) is 24.5 Å². The Morgan fingerprint density at radius 2 is 2.09 bits per heavy atom. The molecule has 1 heteroatoms. The minimum Gasteiger partial charge on any atom is -0.299 e. The Bertz CT molecular complexity index is 132. The third-order valence-corrected chi connectivity index (χ3v) is 2.02. The molecule has 1 saturated heterocycles. The van der Waals surface area contributed by atoms with E-state index in [4.69, 9.17) is 0 Å². The van der Waals surface area contributed by atoms with E-state index in [-0.39, 0.29) is 0 Å². The monoisotopic (exact) mass is 153 g/mol. The van der Waals surface area contributed by atoms with Crippen molar-refractivity contribution in [1.29, 1.82) is 0 Å². The molecule has 0 amide bonds. The minimum atomic E-state index is 0.702. The molecule has 0 radical (unpaired) electrons. The van der Waals surface area contributed by atoms with E-state index in [1.54, 1.807) is 0 Å². The summed E-state index contributed by atoms with van der Waals surface area (Å²) in [4.78, 5) is 2.48. The van der Waals surface area contributed by atoms with Crippen LogP contribution in [0.5, 0.6) is 0 Å². The molecule has 1 rings (SSSR count). The van der Waals surface area contributed by atoms with Gasteiger partial charge in [-0.1, -0.05) is 32.9 Å². The van der Waals surface area contributed by atoms with Crippen LogP contribution in [0.15, 0.2) is 12.2 Å². The first kappa shape index (κ1) is 8.79. The fourth-order valence-electron chi connectivity index (χ4n) is 1.46. The summed E-state index contributed by atoms with van der Waals surface area (Å²) in [5.74, 6) is 1.64. The zero-order valence-corrected chi connectivity index (χ0v) is 7.88. The van der Waals surface area contributed by atoms with Crippen molar-refractivity contribution >= 4 is 0 Å². The first-order chi connectivity index (χ1) is 5.18. The molecule has 11 heavy (non-hydrogen) atoms. The van der Waals surface area contributed by atoms with Gasteiger partial charge in [0.25, 0.3) is 0 Å². The lowest BCUT2D eigenvalue weighted by Gasteiger charge is -2.36. The van der Waals surface area contributed by atoms with Crippen LogP contribution in [0.3, 0.4) is 0 Å². The van der Waals surface area contributed by atoms with Gasteiger partial charge in [-0.3, -0.25) is 4.90 Å². The Balaban J connectivity index is 2.04. The van der Waals surface area contributed by atoms with Gasteiger partial charge in [0.15, 0.2) is 0 Å². The molecular weight excluding hydrogens is 134 g/mol. The molecule has 1 nitrogen and oxygen atoms in total. The van der Waals surface area contributed by atoms with E-state index in [2.05, 4.69) is 37.8 Å². The Morgan fingerprint density at radius 1 is 1.45 bits per heavy atom. The number of hydrogen-bond acceptors (Lipinski definition) is 1. The lowest BCUT2D eigenvalue weighted by atomic mass is 10.0.